The van der Waals surface area contributed by atoms with Gasteiger partial charge in [-0.25, -0.2) is 0 Å². The first-order chi connectivity index (χ1) is 13.6. The van der Waals surface area contributed by atoms with Crippen molar-refractivity contribution in [1.29, 1.82) is 0 Å². The number of ether oxygens (including phenoxy) is 1. The van der Waals surface area contributed by atoms with Crippen LogP contribution in [0.2, 0.25) is 0 Å². The van der Waals surface area contributed by atoms with Gasteiger partial charge >= 0.3 is 0 Å². The molecular weight excluding hydrogens is 352 g/mol. The van der Waals surface area contributed by atoms with Gasteiger partial charge in [0.1, 0.15) is 18.1 Å². The van der Waals surface area contributed by atoms with Crippen LogP contribution >= 0.6 is 0 Å². The smallest absolute Gasteiger partial charge is 0.138 e. The van der Waals surface area contributed by atoms with E-state index < -0.39 is 0 Å². The van der Waals surface area contributed by atoms with Crippen LogP contribution in [-0.4, -0.2) is 32.9 Å². The number of pyridine rings is 1. The first-order valence-electron chi connectivity index (χ1n) is 9.15. The molecule has 0 radical (unpaired) electrons. The van der Waals surface area contributed by atoms with Crippen molar-refractivity contribution in [2.45, 2.75) is 19.4 Å². The zero-order chi connectivity index (χ0) is 19.5. The van der Waals surface area contributed by atoms with E-state index >= 15 is 0 Å². The van der Waals surface area contributed by atoms with Crippen LogP contribution in [0.15, 0.2) is 60.9 Å². The second-order valence-corrected chi connectivity index (χ2v) is 6.93. The van der Waals surface area contributed by atoms with Gasteiger partial charge in [0, 0.05) is 28.9 Å². The lowest BCUT2D eigenvalue weighted by atomic mass is 10.0. The minimum absolute atomic E-state index is 0.155. The number of hydrogen-bond acceptors (Lipinski definition) is 5. The highest BCUT2D eigenvalue weighted by atomic mass is 16.5. The molecule has 0 saturated heterocycles. The number of H-pyrrole nitrogens is 1. The number of aryl methyl sites for hydroxylation is 1. The Hall–Kier alpha value is -3.38. The molecule has 6 nitrogen and oxygen atoms in total. The number of rotatable bonds is 6. The van der Waals surface area contributed by atoms with Crippen molar-refractivity contribution in [3.63, 3.8) is 0 Å². The molecule has 1 atom stereocenters. The van der Waals surface area contributed by atoms with Crippen LogP contribution in [0.25, 0.3) is 22.0 Å². The Kier molecular flexibility index (Phi) is 4.95. The number of benzene rings is 2. The van der Waals surface area contributed by atoms with Crippen LogP contribution in [0.5, 0.6) is 11.5 Å². The van der Waals surface area contributed by atoms with Gasteiger partial charge < -0.3 is 15.6 Å². The Balaban J connectivity index is 1.44. The second kappa shape index (κ2) is 7.70. The minimum Gasteiger partial charge on any atom is -0.508 e. The number of aromatic nitrogens is 3. The second-order valence-electron chi connectivity index (χ2n) is 6.93. The Morgan fingerprint density at radius 3 is 2.71 bits per heavy atom. The summed E-state index contributed by atoms with van der Waals surface area (Å²) in [5.74, 6) is 0.933. The summed E-state index contributed by atoms with van der Waals surface area (Å²) in [4.78, 5) is 4.31. The van der Waals surface area contributed by atoms with E-state index in [1.807, 2.05) is 43.5 Å². The molecule has 2 aromatic carbocycles. The number of nitrogens with zero attached hydrogens (tertiary/aromatic N) is 2. The molecular formula is C22H22N4O2. The Labute approximate surface area is 163 Å². The number of phenolic OH excluding ortho intramolecular Hbond substituents is 1. The fourth-order valence-corrected chi connectivity index (χ4v) is 3.17. The number of fused-ring (bicyclic) bond motifs is 1. The van der Waals surface area contributed by atoms with Crippen molar-refractivity contribution in [2.75, 3.05) is 6.61 Å². The van der Waals surface area contributed by atoms with Crippen molar-refractivity contribution in [1.82, 2.24) is 15.2 Å². The molecule has 0 aliphatic rings. The molecule has 2 aromatic heterocycles. The SMILES string of the molecule is Cc1[nH]nc2ccc(-c3cncc(OCC(N)Cc4ccc(O)cc4)c3)cc12. The summed E-state index contributed by atoms with van der Waals surface area (Å²) in [5.41, 5.74) is 11.3. The predicted octanol–water partition coefficient (Wildman–Crippen LogP) is 3.59. The highest BCUT2D eigenvalue weighted by Crippen LogP contribution is 2.27. The van der Waals surface area contributed by atoms with Crippen molar-refractivity contribution < 1.29 is 9.84 Å². The zero-order valence-electron chi connectivity index (χ0n) is 15.6. The Morgan fingerprint density at radius 1 is 1.07 bits per heavy atom. The standard InChI is InChI=1S/C22H22N4O2/c1-14-21-10-16(4-7-22(21)26-25-14)17-9-20(12-24-11-17)28-13-18(23)8-15-2-5-19(27)6-3-15/h2-7,9-12,18,27H,8,13,23H2,1H3,(H,25,26). The molecule has 0 saturated carbocycles. The van der Waals surface area contributed by atoms with E-state index in [4.69, 9.17) is 10.5 Å². The summed E-state index contributed by atoms with van der Waals surface area (Å²) in [6.45, 7) is 2.39. The topological polar surface area (TPSA) is 97.0 Å². The van der Waals surface area contributed by atoms with Gasteiger partial charge in [-0.1, -0.05) is 18.2 Å². The molecule has 4 N–H and O–H groups in total. The lowest BCUT2D eigenvalue weighted by Crippen LogP contribution is -2.30. The Bertz CT molecular complexity index is 1090. The number of aromatic hydroxyl groups is 1. The molecule has 0 spiro atoms. The summed E-state index contributed by atoms with van der Waals surface area (Å²) in [7, 11) is 0. The molecule has 6 heteroatoms. The van der Waals surface area contributed by atoms with Gasteiger partial charge in [-0.15, -0.1) is 0 Å². The van der Waals surface area contributed by atoms with E-state index in [-0.39, 0.29) is 11.8 Å². The molecule has 28 heavy (non-hydrogen) atoms. The van der Waals surface area contributed by atoms with E-state index in [0.717, 1.165) is 33.3 Å². The molecule has 4 rings (SSSR count). The molecule has 4 aromatic rings. The van der Waals surface area contributed by atoms with E-state index in [0.29, 0.717) is 18.8 Å². The Morgan fingerprint density at radius 2 is 1.89 bits per heavy atom. The third-order valence-corrected chi connectivity index (χ3v) is 4.69. The maximum atomic E-state index is 9.36. The summed E-state index contributed by atoms with van der Waals surface area (Å²) in [6, 6.07) is 15.0. The van der Waals surface area contributed by atoms with Crippen LogP contribution < -0.4 is 10.5 Å². The molecule has 1 unspecified atom stereocenters. The summed E-state index contributed by atoms with van der Waals surface area (Å²) in [6.07, 6.45) is 4.18. The lowest BCUT2D eigenvalue weighted by Gasteiger charge is -2.14. The highest BCUT2D eigenvalue weighted by Gasteiger charge is 2.08. The average Bonchev–Trinajstić information content (AvgIpc) is 3.09. The fraction of sp³-hybridized carbons (Fsp3) is 0.182. The maximum Gasteiger partial charge on any atom is 0.138 e. The van der Waals surface area contributed by atoms with Gasteiger partial charge in [0.05, 0.1) is 11.7 Å². The third kappa shape index (κ3) is 3.97. The monoisotopic (exact) mass is 374 g/mol. The molecule has 0 fully saturated rings. The first-order valence-corrected chi connectivity index (χ1v) is 9.15. The van der Waals surface area contributed by atoms with E-state index in [1.54, 1.807) is 18.3 Å². The van der Waals surface area contributed by atoms with Crippen LogP contribution in [0.4, 0.5) is 0 Å². The molecule has 0 bridgehead atoms. The molecule has 142 valence electrons. The summed E-state index contributed by atoms with van der Waals surface area (Å²) < 4.78 is 5.87. The van der Waals surface area contributed by atoms with E-state index in [2.05, 4.69) is 21.2 Å². The fourth-order valence-electron chi connectivity index (χ4n) is 3.17. The quantitative estimate of drug-likeness (QED) is 0.479. The van der Waals surface area contributed by atoms with Gasteiger partial charge in [0.25, 0.3) is 0 Å². The van der Waals surface area contributed by atoms with Crippen LogP contribution in [-0.2, 0) is 6.42 Å². The van der Waals surface area contributed by atoms with Crippen molar-refractivity contribution in [3.8, 4) is 22.6 Å². The normalized spacial score (nSPS) is 12.2. The number of phenols is 1. The largest absolute Gasteiger partial charge is 0.508 e. The van der Waals surface area contributed by atoms with Gasteiger partial charge in [0.15, 0.2) is 0 Å². The maximum absolute atomic E-state index is 9.36. The summed E-state index contributed by atoms with van der Waals surface area (Å²) in [5, 5.41) is 17.7. The highest BCUT2D eigenvalue weighted by molar-refractivity contribution is 5.86. The van der Waals surface area contributed by atoms with Crippen molar-refractivity contribution in [3.05, 3.63) is 72.2 Å². The molecule has 0 aliphatic carbocycles. The van der Waals surface area contributed by atoms with Crippen LogP contribution in [0, 0.1) is 6.92 Å². The van der Waals surface area contributed by atoms with Gasteiger partial charge in [-0.2, -0.15) is 5.10 Å². The predicted molar refractivity (Wildman–Crippen MR) is 109 cm³/mol. The molecule has 0 aliphatic heterocycles. The summed E-state index contributed by atoms with van der Waals surface area (Å²) >= 11 is 0. The lowest BCUT2D eigenvalue weighted by molar-refractivity contribution is 0.286. The average molecular weight is 374 g/mol. The molecule has 2 heterocycles. The molecule has 0 amide bonds. The van der Waals surface area contributed by atoms with Gasteiger partial charge in [0.2, 0.25) is 0 Å². The number of hydrogen-bond donors (Lipinski definition) is 3. The number of aromatic amines is 1. The first kappa shape index (κ1) is 18.0. The number of nitrogens with one attached hydrogen (secondary N) is 1. The van der Waals surface area contributed by atoms with Gasteiger partial charge in [-0.3, -0.25) is 10.1 Å². The van der Waals surface area contributed by atoms with Crippen LogP contribution in [0.1, 0.15) is 11.3 Å². The van der Waals surface area contributed by atoms with Crippen LogP contribution in [0.3, 0.4) is 0 Å². The zero-order valence-corrected chi connectivity index (χ0v) is 15.6. The van der Waals surface area contributed by atoms with Crippen molar-refractivity contribution in [2.24, 2.45) is 5.73 Å². The van der Waals surface area contributed by atoms with Crippen molar-refractivity contribution >= 4 is 10.9 Å². The van der Waals surface area contributed by atoms with E-state index in [1.165, 1.54) is 0 Å². The van der Waals surface area contributed by atoms with E-state index in [9.17, 15) is 5.11 Å². The van der Waals surface area contributed by atoms with Gasteiger partial charge in [-0.05, 0) is 54.8 Å². The minimum atomic E-state index is -0.155. The number of nitrogens with two attached hydrogens (primary N) is 1. The third-order valence-electron chi connectivity index (χ3n) is 4.69.